The lowest BCUT2D eigenvalue weighted by Gasteiger charge is -2.11. The molecular formula is C27H23N3O6. The van der Waals surface area contributed by atoms with Crippen LogP contribution in [0.1, 0.15) is 25.0 Å². The Bertz CT molecular complexity index is 1460. The largest absolute Gasteiger partial charge is 0.505 e. The summed E-state index contributed by atoms with van der Waals surface area (Å²) in [6, 6.07) is 19.0. The first-order chi connectivity index (χ1) is 17.3. The Kier molecular flexibility index (Phi) is 7.20. The van der Waals surface area contributed by atoms with Gasteiger partial charge in [0, 0.05) is 19.2 Å². The fraction of sp³-hybridized carbons (Fsp3) is 0.148. The number of rotatable bonds is 7. The molecule has 0 fully saturated rings. The van der Waals surface area contributed by atoms with E-state index in [1.807, 2.05) is 12.1 Å². The van der Waals surface area contributed by atoms with Gasteiger partial charge in [-0.15, -0.1) is 5.11 Å². The van der Waals surface area contributed by atoms with E-state index in [0.717, 1.165) is 11.1 Å². The van der Waals surface area contributed by atoms with Crippen LogP contribution in [-0.2, 0) is 22.4 Å². The fourth-order valence-corrected chi connectivity index (χ4v) is 3.62. The number of carbonyl (C=O) groups excluding carboxylic acids is 2. The van der Waals surface area contributed by atoms with Crippen molar-refractivity contribution in [2.24, 2.45) is 10.2 Å². The second kappa shape index (κ2) is 10.6. The molecule has 0 radical (unpaired) electrons. The van der Waals surface area contributed by atoms with Gasteiger partial charge in [0.25, 0.3) is 0 Å². The average molecular weight is 485 g/mol. The molecule has 0 saturated heterocycles. The maximum absolute atomic E-state index is 11.4. The van der Waals surface area contributed by atoms with E-state index in [-0.39, 0.29) is 11.4 Å². The first-order valence-corrected chi connectivity index (χ1v) is 11.1. The highest BCUT2D eigenvalue weighted by Crippen LogP contribution is 2.40. The maximum atomic E-state index is 11.4. The van der Waals surface area contributed by atoms with Crippen molar-refractivity contribution in [3.05, 3.63) is 77.9 Å². The van der Waals surface area contributed by atoms with Crippen molar-refractivity contribution in [2.75, 3.05) is 0 Å². The van der Waals surface area contributed by atoms with Gasteiger partial charge in [-0.25, -0.2) is 4.98 Å². The van der Waals surface area contributed by atoms with Gasteiger partial charge >= 0.3 is 11.9 Å². The molecule has 3 aromatic carbocycles. The van der Waals surface area contributed by atoms with Crippen LogP contribution in [-0.4, -0.2) is 27.1 Å². The van der Waals surface area contributed by atoms with Gasteiger partial charge in [0.15, 0.2) is 11.4 Å². The van der Waals surface area contributed by atoms with E-state index in [1.165, 1.54) is 13.8 Å². The number of esters is 2. The highest BCUT2D eigenvalue weighted by Gasteiger charge is 2.14. The molecule has 1 heterocycles. The third-order valence-corrected chi connectivity index (χ3v) is 5.25. The van der Waals surface area contributed by atoms with E-state index in [4.69, 9.17) is 9.47 Å². The molecule has 0 bridgehead atoms. The lowest BCUT2D eigenvalue weighted by molar-refractivity contribution is -0.133. The van der Waals surface area contributed by atoms with E-state index in [0.29, 0.717) is 40.9 Å². The van der Waals surface area contributed by atoms with Gasteiger partial charge in [-0.05, 0) is 66.4 Å². The minimum atomic E-state index is -0.440. The summed E-state index contributed by atoms with van der Waals surface area (Å²) in [5.41, 5.74) is 2.57. The minimum absolute atomic E-state index is 0.108. The normalized spacial score (nSPS) is 11.1. The molecule has 0 aliphatic rings. The van der Waals surface area contributed by atoms with Crippen LogP contribution in [0.3, 0.4) is 0 Å². The molecule has 0 spiro atoms. The summed E-state index contributed by atoms with van der Waals surface area (Å²) in [6.07, 6.45) is 1.15. The lowest BCUT2D eigenvalue weighted by Crippen LogP contribution is -2.06. The second-order valence-corrected chi connectivity index (χ2v) is 7.97. The Hall–Kier alpha value is -4.79. The number of carbonyl (C=O) groups is 2. The number of hydrogen-bond donors (Lipinski definition) is 2. The van der Waals surface area contributed by atoms with Gasteiger partial charge in [-0.1, -0.05) is 24.3 Å². The molecule has 1 aromatic heterocycles. The van der Waals surface area contributed by atoms with Crippen molar-refractivity contribution >= 4 is 34.2 Å². The SMILES string of the molecule is CC(=O)Oc1ccc(OC(C)=O)c(CCc2ccc(/N=N/c3c(O)nc4ccccc4c3O)cc2)c1. The molecule has 2 N–H and O–H groups in total. The Balaban J connectivity index is 1.48. The highest BCUT2D eigenvalue weighted by molar-refractivity contribution is 5.90. The van der Waals surface area contributed by atoms with Gasteiger partial charge in [0.05, 0.1) is 11.2 Å². The Labute approximate surface area is 206 Å². The molecule has 36 heavy (non-hydrogen) atoms. The predicted molar refractivity (Wildman–Crippen MR) is 132 cm³/mol. The van der Waals surface area contributed by atoms with Crippen molar-refractivity contribution < 1.29 is 29.3 Å². The molecular weight excluding hydrogens is 462 g/mol. The van der Waals surface area contributed by atoms with Crippen molar-refractivity contribution in [3.8, 4) is 23.1 Å². The van der Waals surface area contributed by atoms with Crippen LogP contribution in [0.4, 0.5) is 11.4 Å². The number of nitrogens with zero attached hydrogens (tertiary/aromatic N) is 3. The van der Waals surface area contributed by atoms with Gasteiger partial charge in [0.1, 0.15) is 11.5 Å². The van der Waals surface area contributed by atoms with Gasteiger partial charge in [-0.2, -0.15) is 5.11 Å². The van der Waals surface area contributed by atoms with Crippen molar-refractivity contribution in [1.82, 2.24) is 4.98 Å². The summed E-state index contributed by atoms with van der Waals surface area (Å²) in [6.45, 7) is 2.64. The van der Waals surface area contributed by atoms with E-state index in [1.54, 1.807) is 54.6 Å². The van der Waals surface area contributed by atoms with E-state index >= 15 is 0 Å². The zero-order valence-electron chi connectivity index (χ0n) is 19.6. The number of pyridine rings is 1. The van der Waals surface area contributed by atoms with Crippen LogP contribution >= 0.6 is 0 Å². The lowest BCUT2D eigenvalue weighted by atomic mass is 10.0. The van der Waals surface area contributed by atoms with Crippen molar-refractivity contribution in [2.45, 2.75) is 26.7 Å². The Morgan fingerprint density at radius 2 is 1.58 bits per heavy atom. The molecule has 0 atom stereocenters. The molecule has 182 valence electrons. The number of hydrogen-bond acceptors (Lipinski definition) is 9. The Morgan fingerprint density at radius 3 is 2.31 bits per heavy atom. The molecule has 0 amide bonds. The standard InChI is InChI=1S/C27H23N3O6/c1-16(31)35-21-13-14-24(36-17(2)32)19(15-21)10-7-18-8-11-20(12-9-18)29-30-25-26(33)22-5-3-4-6-23(22)28-27(25)34/h3-6,8-9,11-15H,7,10H2,1-2H3,(H2,28,33,34)/b30-29+. The molecule has 4 rings (SSSR count). The summed E-state index contributed by atoms with van der Waals surface area (Å²) >= 11 is 0. The molecule has 4 aromatic rings. The third kappa shape index (κ3) is 5.82. The predicted octanol–water partition coefficient (Wildman–Crippen LogP) is 5.70. The van der Waals surface area contributed by atoms with Crippen molar-refractivity contribution in [3.63, 3.8) is 0 Å². The zero-order chi connectivity index (χ0) is 25.7. The van der Waals surface area contributed by atoms with Crippen LogP contribution in [0.25, 0.3) is 10.9 Å². The molecule has 0 aliphatic heterocycles. The number of ether oxygens (including phenoxy) is 2. The Morgan fingerprint density at radius 1 is 0.861 bits per heavy atom. The molecule has 0 unspecified atom stereocenters. The highest BCUT2D eigenvalue weighted by atomic mass is 16.5. The zero-order valence-corrected chi connectivity index (χ0v) is 19.6. The van der Waals surface area contributed by atoms with Crippen LogP contribution in [0.2, 0.25) is 0 Å². The number of aryl methyl sites for hydroxylation is 2. The van der Waals surface area contributed by atoms with Gasteiger partial charge < -0.3 is 19.7 Å². The molecule has 9 heteroatoms. The maximum Gasteiger partial charge on any atom is 0.308 e. The smallest absolute Gasteiger partial charge is 0.308 e. The van der Waals surface area contributed by atoms with Gasteiger partial charge in [-0.3, -0.25) is 9.59 Å². The molecule has 9 nitrogen and oxygen atoms in total. The average Bonchev–Trinajstić information content (AvgIpc) is 2.84. The van der Waals surface area contributed by atoms with E-state index in [2.05, 4.69) is 15.2 Å². The first-order valence-electron chi connectivity index (χ1n) is 11.1. The summed E-state index contributed by atoms with van der Waals surface area (Å²) in [7, 11) is 0. The van der Waals surface area contributed by atoms with Crippen molar-refractivity contribution in [1.29, 1.82) is 0 Å². The van der Waals surface area contributed by atoms with E-state index < -0.39 is 17.8 Å². The summed E-state index contributed by atoms with van der Waals surface area (Å²) < 4.78 is 10.4. The van der Waals surface area contributed by atoms with Crippen LogP contribution < -0.4 is 9.47 Å². The second-order valence-electron chi connectivity index (χ2n) is 7.97. The number of aromatic hydroxyl groups is 2. The fourth-order valence-electron chi connectivity index (χ4n) is 3.62. The van der Waals surface area contributed by atoms with Crippen LogP contribution in [0.15, 0.2) is 77.0 Å². The monoisotopic (exact) mass is 485 g/mol. The van der Waals surface area contributed by atoms with E-state index in [9.17, 15) is 19.8 Å². The quantitative estimate of drug-likeness (QED) is 0.195. The van der Waals surface area contributed by atoms with Gasteiger partial charge in [0.2, 0.25) is 5.88 Å². The number of fused-ring (bicyclic) bond motifs is 1. The number of azo groups is 1. The number of para-hydroxylation sites is 1. The summed E-state index contributed by atoms with van der Waals surface area (Å²) in [4.78, 5) is 26.8. The van der Waals surface area contributed by atoms with Crippen LogP contribution in [0.5, 0.6) is 23.1 Å². The number of aromatic nitrogens is 1. The molecule has 0 aliphatic carbocycles. The number of benzene rings is 3. The summed E-state index contributed by atoms with van der Waals surface area (Å²) in [5, 5.41) is 29.2. The van der Waals surface area contributed by atoms with Crippen LogP contribution in [0, 0.1) is 0 Å². The minimum Gasteiger partial charge on any atom is -0.505 e. The molecule has 0 saturated carbocycles. The summed E-state index contributed by atoms with van der Waals surface area (Å²) in [5.74, 6) is -0.701. The topological polar surface area (TPSA) is 131 Å². The first kappa shape index (κ1) is 24.3. The third-order valence-electron chi connectivity index (χ3n) is 5.25.